The van der Waals surface area contributed by atoms with Crippen LogP contribution in [0.4, 0.5) is 5.69 Å². The SMILES string of the molecule is c1ccc2c(c1)N[C@H]1CC[C@@H]3CCCN4CC[C@]21[C@H]34. The summed E-state index contributed by atoms with van der Waals surface area (Å²) in [6.45, 7) is 2.67. The second kappa shape index (κ2) is 3.54. The first-order chi connectivity index (χ1) is 9.39. The molecular formula is C17H22N2. The van der Waals surface area contributed by atoms with Crippen LogP contribution in [0.1, 0.15) is 37.7 Å². The normalized spacial score (nSPS) is 43.3. The molecule has 2 nitrogen and oxygen atoms in total. The van der Waals surface area contributed by atoms with Gasteiger partial charge in [-0.05, 0) is 62.7 Å². The van der Waals surface area contributed by atoms with Crippen molar-refractivity contribution in [3.05, 3.63) is 29.8 Å². The maximum absolute atomic E-state index is 3.86. The van der Waals surface area contributed by atoms with Crippen molar-refractivity contribution in [2.75, 3.05) is 18.4 Å². The van der Waals surface area contributed by atoms with Crippen LogP contribution >= 0.6 is 0 Å². The van der Waals surface area contributed by atoms with Crippen LogP contribution < -0.4 is 5.32 Å². The third-order valence-corrected chi connectivity index (χ3v) is 6.41. The number of nitrogens with zero attached hydrogens (tertiary/aromatic N) is 1. The van der Waals surface area contributed by atoms with Crippen LogP contribution in [0.25, 0.3) is 0 Å². The highest BCUT2D eigenvalue weighted by Gasteiger charge is 2.61. The number of piperidine rings is 1. The van der Waals surface area contributed by atoms with E-state index in [-0.39, 0.29) is 0 Å². The number of benzene rings is 1. The molecule has 1 N–H and O–H groups in total. The van der Waals surface area contributed by atoms with Gasteiger partial charge in [-0.15, -0.1) is 0 Å². The highest BCUT2D eigenvalue weighted by Crippen LogP contribution is 2.58. The smallest absolute Gasteiger partial charge is 0.0382 e. The minimum atomic E-state index is 0.444. The van der Waals surface area contributed by atoms with Crippen LogP contribution in [0.15, 0.2) is 24.3 Å². The molecule has 2 heteroatoms. The highest BCUT2D eigenvalue weighted by molar-refractivity contribution is 5.64. The summed E-state index contributed by atoms with van der Waals surface area (Å²) in [6, 6.07) is 10.7. The van der Waals surface area contributed by atoms with E-state index in [1.165, 1.54) is 50.9 Å². The molecule has 5 rings (SSSR count). The molecule has 19 heavy (non-hydrogen) atoms. The van der Waals surface area contributed by atoms with Gasteiger partial charge in [-0.2, -0.15) is 0 Å². The van der Waals surface area contributed by atoms with Crippen LogP contribution in [0.2, 0.25) is 0 Å². The molecule has 0 radical (unpaired) electrons. The molecule has 3 fully saturated rings. The molecule has 1 aromatic carbocycles. The van der Waals surface area contributed by atoms with E-state index >= 15 is 0 Å². The number of para-hydroxylation sites is 1. The van der Waals surface area contributed by atoms with Gasteiger partial charge in [0.25, 0.3) is 0 Å². The molecule has 0 unspecified atom stereocenters. The first-order valence-electron chi connectivity index (χ1n) is 8.00. The third-order valence-electron chi connectivity index (χ3n) is 6.41. The Labute approximate surface area is 115 Å². The second-order valence-corrected chi connectivity index (χ2v) is 6.99. The Bertz CT molecular complexity index is 526. The van der Waals surface area contributed by atoms with Crippen LogP contribution in [-0.2, 0) is 5.41 Å². The van der Waals surface area contributed by atoms with Crippen molar-refractivity contribution in [2.24, 2.45) is 5.92 Å². The van der Waals surface area contributed by atoms with E-state index in [9.17, 15) is 0 Å². The van der Waals surface area contributed by atoms with Gasteiger partial charge >= 0.3 is 0 Å². The summed E-state index contributed by atoms with van der Waals surface area (Å²) in [7, 11) is 0. The van der Waals surface area contributed by atoms with E-state index in [0.717, 1.165) is 12.0 Å². The van der Waals surface area contributed by atoms with Gasteiger partial charge in [0.05, 0.1) is 0 Å². The second-order valence-electron chi connectivity index (χ2n) is 6.99. The van der Waals surface area contributed by atoms with Crippen molar-refractivity contribution in [2.45, 2.75) is 49.6 Å². The van der Waals surface area contributed by atoms with Gasteiger partial charge in [0.2, 0.25) is 0 Å². The lowest BCUT2D eigenvalue weighted by atomic mass is 9.60. The summed E-state index contributed by atoms with van der Waals surface area (Å²) in [5.41, 5.74) is 3.51. The van der Waals surface area contributed by atoms with Gasteiger partial charge in [-0.3, -0.25) is 4.90 Å². The number of anilines is 1. The highest BCUT2D eigenvalue weighted by atomic mass is 15.2. The molecule has 1 aliphatic carbocycles. The summed E-state index contributed by atoms with van der Waals surface area (Å²) < 4.78 is 0. The molecule has 4 atom stereocenters. The van der Waals surface area contributed by atoms with Gasteiger partial charge in [-0.1, -0.05) is 18.2 Å². The van der Waals surface area contributed by atoms with Crippen LogP contribution in [0, 0.1) is 5.92 Å². The maximum Gasteiger partial charge on any atom is 0.0382 e. The summed E-state index contributed by atoms with van der Waals surface area (Å²) in [6.07, 6.45) is 7.09. The topological polar surface area (TPSA) is 15.3 Å². The van der Waals surface area contributed by atoms with E-state index in [0.29, 0.717) is 11.5 Å². The Balaban J connectivity index is 1.71. The number of rotatable bonds is 0. The maximum atomic E-state index is 3.86. The van der Waals surface area contributed by atoms with E-state index in [4.69, 9.17) is 0 Å². The van der Waals surface area contributed by atoms with Crippen molar-refractivity contribution in [3.8, 4) is 0 Å². The Hall–Kier alpha value is -1.02. The van der Waals surface area contributed by atoms with Crippen molar-refractivity contribution in [1.82, 2.24) is 4.90 Å². The minimum absolute atomic E-state index is 0.444. The molecule has 1 aromatic rings. The molecule has 0 aromatic heterocycles. The van der Waals surface area contributed by atoms with E-state index in [2.05, 4.69) is 34.5 Å². The van der Waals surface area contributed by atoms with E-state index in [1.54, 1.807) is 5.56 Å². The van der Waals surface area contributed by atoms with Crippen molar-refractivity contribution in [1.29, 1.82) is 0 Å². The molecule has 1 spiro atoms. The molecule has 0 bridgehead atoms. The van der Waals surface area contributed by atoms with Crippen LogP contribution in [-0.4, -0.2) is 30.1 Å². The summed E-state index contributed by atoms with van der Waals surface area (Å²) in [5.74, 6) is 0.959. The number of nitrogens with one attached hydrogen (secondary N) is 1. The lowest BCUT2D eigenvalue weighted by molar-refractivity contribution is 0.0548. The Morgan fingerprint density at radius 1 is 1.11 bits per heavy atom. The first-order valence-corrected chi connectivity index (χ1v) is 8.00. The van der Waals surface area contributed by atoms with Crippen LogP contribution in [0.3, 0.4) is 0 Å². The fourth-order valence-corrected chi connectivity index (χ4v) is 5.83. The monoisotopic (exact) mass is 254 g/mol. The minimum Gasteiger partial charge on any atom is -0.381 e. The summed E-state index contributed by atoms with van der Waals surface area (Å²) in [5, 5.41) is 3.86. The molecule has 3 heterocycles. The molecule has 1 saturated carbocycles. The number of hydrogen-bond donors (Lipinski definition) is 1. The van der Waals surface area contributed by atoms with E-state index < -0.39 is 0 Å². The van der Waals surface area contributed by atoms with Gasteiger partial charge in [-0.25, -0.2) is 0 Å². The lowest BCUT2D eigenvalue weighted by Gasteiger charge is -2.50. The zero-order valence-electron chi connectivity index (χ0n) is 11.4. The Kier molecular flexibility index (Phi) is 2.00. The third kappa shape index (κ3) is 1.17. The fraction of sp³-hybridized carbons (Fsp3) is 0.647. The van der Waals surface area contributed by atoms with Crippen molar-refractivity contribution >= 4 is 5.69 Å². The van der Waals surface area contributed by atoms with Crippen molar-refractivity contribution < 1.29 is 0 Å². The number of hydrogen-bond acceptors (Lipinski definition) is 2. The van der Waals surface area contributed by atoms with Gasteiger partial charge in [0.15, 0.2) is 0 Å². The Morgan fingerprint density at radius 2 is 2.05 bits per heavy atom. The average Bonchev–Trinajstić information content (AvgIpc) is 3.00. The molecule has 100 valence electrons. The van der Waals surface area contributed by atoms with Gasteiger partial charge < -0.3 is 5.32 Å². The zero-order chi connectivity index (χ0) is 12.4. The van der Waals surface area contributed by atoms with E-state index in [1.807, 2.05) is 0 Å². The lowest BCUT2D eigenvalue weighted by Crippen LogP contribution is -2.58. The largest absolute Gasteiger partial charge is 0.381 e. The van der Waals surface area contributed by atoms with Crippen LogP contribution in [0.5, 0.6) is 0 Å². The predicted molar refractivity (Wildman–Crippen MR) is 77.5 cm³/mol. The molecule has 0 amide bonds. The standard InChI is InChI=1S/C17H22N2/c1-2-6-14-13(5-1)17-9-11-19-10-3-4-12(16(17)19)7-8-15(17)18-14/h1-2,5-6,12,15-16,18H,3-4,7-11H2/t12-,15-,16-,17-/m0/s1. The zero-order valence-corrected chi connectivity index (χ0v) is 11.4. The molecule has 3 aliphatic heterocycles. The van der Waals surface area contributed by atoms with Gasteiger partial charge in [0, 0.05) is 23.2 Å². The summed E-state index contributed by atoms with van der Waals surface area (Å²) >= 11 is 0. The number of fused-ring (bicyclic) bond motifs is 1. The summed E-state index contributed by atoms with van der Waals surface area (Å²) in [4.78, 5) is 2.82. The average molecular weight is 254 g/mol. The first kappa shape index (κ1) is 10.7. The fourth-order valence-electron chi connectivity index (χ4n) is 5.83. The Morgan fingerprint density at radius 3 is 3.05 bits per heavy atom. The molecule has 2 saturated heterocycles. The predicted octanol–water partition coefficient (Wildman–Crippen LogP) is 3.00. The van der Waals surface area contributed by atoms with Crippen molar-refractivity contribution in [3.63, 3.8) is 0 Å². The van der Waals surface area contributed by atoms with Gasteiger partial charge in [0.1, 0.15) is 0 Å². The molecule has 4 aliphatic rings. The quantitative estimate of drug-likeness (QED) is 0.765. The molecular weight excluding hydrogens is 232 g/mol.